The first-order valence-corrected chi connectivity index (χ1v) is 9.59. The van der Waals surface area contributed by atoms with Gasteiger partial charge in [-0.05, 0) is 32.6 Å². The maximum atomic E-state index is 12.3. The van der Waals surface area contributed by atoms with Crippen LogP contribution in [0.15, 0.2) is 4.21 Å². The molecule has 2 heterocycles. The molecule has 1 aliphatic rings. The van der Waals surface area contributed by atoms with Gasteiger partial charge in [-0.2, -0.15) is 0 Å². The van der Waals surface area contributed by atoms with Crippen molar-refractivity contribution >= 4 is 49.4 Å². The minimum atomic E-state index is -3.65. The molecule has 0 amide bonds. The van der Waals surface area contributed by atoms with Crippen LogP contribution in [0.4, 0.5) is 5.13 Å². The third-order valence-electron chi connectivity index (χ3n) is 3.04. The number of rotatable bonds is 3. The van der Waals surface area contributed by atoms with Gasteiger partial charge in [-0.1, -0.05) is 22.9 Å². The number of nitrogens with zero attached hydrogens (tertiary/aromatic N) is 2. The summed E-state index contributed by atoms with van der Waals surface area (Å²) in [5, 5.41) is 0.431. The first kappa shape index (κ1) is 14.2. The molecular formula is C11H12ClN3O2S3. The van der Waals surface area contributed by atoms with E-state index < -0.39 is 10.0 Å². The van der Waals surface area contributed by atoms with Crippen molar-refractivity contribution in [2.24, 2.45) is 0 Å². The predicted octanol–water partition coefficient (Wildman–Crippen LogP) is 3.24. The summed E-state index contributed by atoms with van der Waals surface area (Å²) in [6, 6.07) is 0. The van der Waals surface area contributed by atoms with Gasteiger partial charge in [0, 0.05) is 4.88 Å². The van der Waals surface area contributed by atoms with E-state index in [1.807, 2.05) is 0 Å². The Kier molecular flexibility index (Phi) is 3.74. The Hall–Kier alpha value is -0.700. The van der Waals surface area contributed by atoms with Gasteiger partial charge in [-0.25, -0.2) is 18.4 Å². The van der Waals surface area contributed by atoms with Gasteiger partial charge >= 0.3 is 0 Å². The highest BCUT2D eigenvalue weighted by molar-refractivity contribution is 7.95. The van der Waals surface area contributed by atoms with Crippen LogP contribution in [0, 0.1) is 6.92 Å². The number of fused-ring (bicyclic) bond motifs is 1. The van der Waals surface area contributed by atoms with Crippen LogP contribution in [0.25, 0.3) is 0 Å². The fourth-order valence-corrected chi connectivity index (χ4v) is 6.18. The van der Waals surface area contributed by atoms with Crippen LogP contribution in [-0.2, 0) is 22.9 Å². The quantitative estimate of drug-likeness (QED) is 0.923. The molecule has 0 aliphatic heterocycles. The molecule has 0 atom stereocenters. The maximum Gasteiger partial charge on any atom is 0.275 e. The number of anilines is 1. The molecule has 2 aromatic heterocycles. The van der Waals surface area contributed by atoms with E-state index in [2.05, 4.69) is 14.7 Å². The molecule has 0 saturated heterocycles. The average molecular weight is 350 g/mol. The zero-order chi connectivity index (χ0) is 14.3. The van der Waals surface area contributed by atoms with Gasteiger partial charge in [0.15, 0.2) is 13.8 Å². The molecule has 9 heteroatoms. The zero-order valence-corrected chi connectivity index (χ0v) is 13.8. The van der Waals surface area contributed by atoms with Gasteiger partial charge < -0.3 is 0 Å². The van der Waals surface area contributed by atoms with Crippen LogP contribution < -0.4 is 4.72 Å². The molecule has 5 nitrogen and oxygen atoms in total. The van der Waals surface area contributed by atoms with Crippen LogP contribution in [0.2, 0.25) is 4.47 Å². The molecule has 0 aromatic carbocycles. The molecule has 0 bridgehead atoms. The summed E-state index contributed by atoms with van der Waals surface area (Å²) >= 11 is 8.13. The normalized spacial score (nSPS) is 15.1. The molecule has 0 saturated carbocycles. The van der Waals surface area contributed by atoms with Crippen molar-refractivity contribution in [3.05, 3.63) is 20.7 Å². The fourth-order valence-electron chi connectivity index (χ4n) is 2.16. The second-order valence-electron chi connectivity index (χ2n) is 4.54. The van der Waals surface area contributed by atoms with Gasteiger partial charge in [0.05, 0.1) is 11.4 Å². The molecular weight excluding hydrogens is 338 g/mol. The van der Waals surface area contributed by atoms with Crippen LogP contribution in [-0.4, -0.2) is 18.4 Å². The van der Waals surface area contributed by atoms with Crippen molar-refractivity contribution in [1.82, 2.24) is 9.97 Å². The number of sulfonamides is 1. The summed E-state index contributed by atoms with van der Waals surface area (Å²) in [5.41, 5.74) is 1.44. The Bertz CT molecular complexity index is 728. The van der Waals surface area contributed by atoms with E-state index in [4.69, 9.17) is 11.6 Å². The van der Waals surface area contributed by atoms with Crippen LogP contribution in [0.3, 0.4) is 0 Å². The lowest BCUT2D eigenvalue weighted by molar-refractivity contribution is 0.602. The number of hydrogen-bond acceptors (Lipinski definition) is 6. The van der Waals surface area contributed by atoms with Gasteiger partial charge in [0.2, 0.25) is 0 Å². The van der Waals surface area contributed by atoms with Crippen LogP contribution in [0.1, 0.15) is 29.1 Å². The molecule has 0 spiro atoms. The summed E-state index contributed by atoms with van der Waals surface area (Å²) in [6.07, 6.45) is 4.18. The molecule has 0 unspecified atom stereocenters. The second-order valence-corrected chi connectivity index (χ2v) is 9.08. The monoisotopic (exact) mass is 349 g/mol. The number of aromatic nitrogens is 2. The van der Waals surface area contributed by atoms with Gasteiger partial charge in [0.1, 0.15) is 0 Å². The highest BCUT2D eigenvalue weighted by Gasteiger charge is 2.24. The fraction of sp³-hybridized carbons (Fsp3) is 0.455. The van der Waals surface area contributed by atoms with Crippen LogP contribution in [0.5, 0.6) is 0 Å². The number of nitrogens with one attached hydrogen (secondary N) is 1. The minimum Gasteiger partial charge on any atom is -0.254 e. The summed E-state index contributed by atoms with van der Waals surface area (Å²) in [4.78, 5) is 9.50. The van der Waals surface area contributed by atoms with Gasteiger partial charge in [-0.15, -0.1) is 11.3 Å². The number of hydrogen-bond donors (Lipinski definition) is 1. The van der Waals surface area contributed by atoms with Gasteiger partial charge in [-0.3, -0.25) is 4.72 Å². The Labute approximate surface area is 130 Å². The molecule has 1 aliphatic carbocycles. The first-order chi connectivity index (χ1) is 9.45. The lowest BCUT2D eigenvalue weighted by Crippen LogP contribution is -2.12. The van der Waals surface area contributed by atoms with E-state index in [1.165, 1.54) is 16.2 Å². The third-order valence-corrected chi connectivity index (χ3v) is 7.45. The molecule has 20 heavy (non-hydrogen) atoms. The summed E-state index contributed by atoms with van der Waals surface area (Å²) in [5.74, 6) is 0. The van der Waals surface area contributed by atoms with Crippen molar-refractivity contribution in [2.45, 2.75) is 36.8 Å². The average Bonchev–Trinajstić information content (AvgIpc) is 2.91. The number of thiazole rings is 2. The molecule has 0 fully saturated rings. The Balaban J connectivity index is 1.90. The largest absolute Gasteiger partial charge is 0.275 e. The topological polar surface area (TPSA) is 72.0 Å². The summed E-state index contributed by atoms with van der Waals surface area (Å²) < 4.78 is 27.5. The maximum absolute atomic E-state index is 12.3. The molecule has 0 radical (unpaired) electrons. The highest BCUT2D eigenvalue weighted by Crippen LogP contribution is 2.33. The summed E-state index contributed by atoms with van der Waals surface area (Å²) in [7, 11) is -3.65. The molecule has 1 N–H and O–H groups in total. The molecule has 108 valence electrons. The number of aryl methyl sites for hydroxylation is 3. The van der Waals surface area contributed by atoms with Crippen molar-refractivity contribution in [3.8, 4) is 0 Å². The SMILES string of the molecule is Cc1nc(Cl)sc1S(=O)(=O)Nc1nc2c(s1)CCCC2. The zero-order valence-electron chi connectivity index (χ0n) is 10.6. The second kappa shape index (κ2) is 5.25. The standard InChI is InChI=1S/C11H12ClN3O2S3/c1-6-9(19-10(12)13-6)20(16,17)15-11-14-7-4-2-3-5-8(7)18-11/h2-5H2,1H3,(H,14,15). The van der Waals surface area contributed by atoms with Crippen molar-refractivity contribution in [1.29, 1.82) is 0 Å². The lowest BCUT2D eigenvalue weighted by atomic mass is 10.0. The first-order valence-electron chi connectivity index (χ1n) is 6.10. The third kappa shape index (κ3) is 2.69. The van der Waals surface area contributed by atoms with Crippen LogP contribution >= 0.6 is 34.3 Å². The number of halogens is 1. The van der Waals surface area contributed by atoms with E-state index in [9.17, 15) is 8.42 Å². The Morgan fingerprint density at radius 2 is 1.95 bits per heavy atom. The van der Waals surface area contributed by atoms with E-state index in [1.54, 1.807) is 6.92 Å². The highest BCUT2D eigenvalue weighted by atomic mass is 35.5. The van der Waals surface area contributed by atoms with Crippen molar-refractivity contribution < 1.29 is 8.42 Å². The van der Waals surface area contributed by atoms with Crippen molar-refractivity contribution in [3.63, 3.8) is 0 Å². The lowest BCUT2D eigenvalue weighted by Gasteiger charge is -2.06. The summed E-state index contributed by atoms with van der Waals surface area (Å²) in [6.45, 7) is 1.63. The predicted molar refractivity (Wildman–Crippen MR) is 81.4 cm³/mol. The minimum absolute atomic E-state index is 0.149. The Morgan fingerprint density at radius 3 is 2.60 bits per heavy atom. The molecule has 2 aromatic rings. The van der Waals surface area contributed by atoms with Gasteiger partial charge in [0.25, 0.3) is 10.0 Å². The van der Waals surface area contributed by atoms with E-state index in [0.717, 1.165) is 42.7 Å². The van der Waals surface area contributed by atoms with Crippen molar-refractivity contribution in [2.75, 3.05) is 4.72 Å². The van der Waals surface area contributed by atoms with E-state index in [0.29, 0.717) is 10.8 Å². The van der Waals surface area contributed by atoms with E-state index >= 15 is 0 Å². The Morgan fingerprint density at radius 1 is 1.20 bits per heavy atom. The molecule has 3 rings (SSSR count). The van der Waals surface area contributed by atoms with E-state index in [-0.39, 0.29) is 8.68 Å². The smallest absolute Gasteiger partial charge is 0.254 e.